The third kappa shape index (κ3) is 6.74. The van der Waals surface area contributed by atoms with Gasteiger partial charge in [-0.15, -0.1) is 12.4 Å². The lowest BCUT2D eigenvalue weighted by molar-refractivity contribution is -0.137. The smallest absolute Gasteiger partial charge is 0.303 e. The molecule has 5 nitrogen and oxygen atoms in total. The highest BCUT2D eigenvalue weighted by molar-refractivity contribution is 6.30. The van der Waals surface area contributed by atoms with E-state index < -0.39 is 5.97 Å². The van der Waals surface area contributed by atoms with E-state index in [0.29, 0.717) is 11.4 Å². The largest absolute Gasteiger partial charge is 0.481 e. The van der Waals surface area contributed by atoms with Crippen molar-refractivity contribution in [1.29, 1.82) is 0 Å². The molecular formula is C21H26Cl2N2O3. The Morgan fingerprint density at radius 3 is 2.54 bits per heavy atom. The van der Waals surface area contributed by atoms with Gasteiger partial charge in [0.2, 0.25) is 0 Å². The molecule has 0 spiro atoms. The second-order valence-electron chi connectivity index (χ2n) is 6.86. The number of pyridine rings is 1. The Bertz CT molecular complexity index is 720. The maximum atomic E-state index is 10.7. The summed E-state index contributed by atoms with van der Waals surface area (Å²) in [5, 5.41) is 9.47. The average molecular weight is 425 g/mol. The highest BCUT2D eigenvalue weighted by Gasteiger charge is 2.25. The predicted molar refractivity (Wildman–Crippen MR) is 112 cm³/mol. The summed E-state index contributed by atoms with van der Waals surface area (Å²) in [7, 11) is 0. The first-order valence-corrected chi connectivity index (χ1v) is 9.75. The van der Waals surface area contributed by atoms with Gasteiger partial charge in [-0.05, 0) is 55.6 Å². The van der Waals surface area contributed by atoms with Crippen molar-refractivity contribution in [3.05, 3.63) is 64.9 Å². The summed E-state index contributed by atoms with van der Waals surface area (Å²) in [6.45, 7) is 2.69. The molecule has 0 bridgehead atoms. The summed E-state index contributed by atoms with van der Waals surface area (Å²) in [5.41, 5.74) is 1.94. The zero-order chi connectivity index (χ0) is 19.1. The molecule has 1 saturated heterocycles. The van der Waals surface area contributed by atoms with E-state index in [0.717, 1.165) is 43.7 Å². The number of aliphatic carboxylic acids is 1. The minimum Gasteiger partial charge on any atom is -0.481 e. The molecule has 0 radical (unpaired) electrons. The van der Waals surface area contributed by atoms with E-state index in [1.165, 1.54) is 0 Å². The molecule has 0 saturated carbocycles. The maximum absolute atomic E-state index is 10.7. The number of carboxylic acids is 1. The molecule has 0 unspecified atom stereocenters. The number of likely N-dealkylation sites (tertiary alicyclic amines) is 1. The van der Waals surface area contributed by atoms with Crippen LogP contribution in [0.1, 0.15) is 43.0 Å². The lowest BCUT2D eigenvalue weighted by Gasteiger charge is -2.34. The molecular weight excluding hydrogens is 399 g/mol. The van der Waals surface area contributed by atoms with Crippen LogP contribution < -0.4 is 0 Å². The van der Waals surface area contributed by atoms with Gasteiger partial charge in [0.15, 0.2) is 0 Å². The minimum absolute atomic E-state index is 0. The summed E-state index contributed by atoms with van der Waals surface area (Å²) < 4.78 is 6.47. The number of piperidine rings is 1. The third-order valence-electron chi connectivity index (χ3n) is 4.86. The number of hydrogen-bond acceptors (Lipinski definition) is 4. The molecule has 2 aromatic rings. The normalized spacial score (nSPS) is 16.3. The minimum atomic E-state index is -0.727. The van der Waals surface area contributed by atoms with Crippen molar-refractivity contribution >= 4 is 30.0 Å². The quantitative estimate of drug-likeness (QED) is 0.670. The fourth-order valence-electron chi connectivity index (χ4n) is 3.40. The molecule has 152 valence electrons. The summed E-state index contributed by atoms with van der Waals surface area (Å²) in [6, 6.07) is 13.6. The number of rotatable bonds is 8. The molecule has 2 heterocycles. The van der Waals surface area contributed by atoms with E-state index in [1.54, 1.807) is 6.20 Å². The third-order valence-corrected chi connectivity index (χ3v) is 5.11. The zero-order valence-corrected chi connectivity index (χ0v) is 17.2. The van der Waals surface area contributed by atoms with Gasteiger partial charge in [-0.25, -0.2) is 0 Å². The summed E-state index contributed by atoms with van der Waals surface area (Å²) >= 11 is 6.03. The van der Waals surface area contributed by atoms with Crippen LogP contribution in [0.5, 0.6) is 0 Å². The first kappa shape index (κ1) is 22.6. The molecule has 1 aromatic carbocycles. The Kier molecular flexibility index (Phi) is 9.19. The number of nitrogens with zero attached hydrogens (tertiary/aromatic N) is 2. The molecule has 1 aliphatic rings. The van der Waals surface area contributed by atoms with Crippen molar-refractivity contribution in [2.75, 3.05) is 19.6 Å². The number of halogens is 2. The Labute approximate surface area is 177 Å². The molecule has 1 aromatic heterocycles. The van der Waals surface area contributed by atoms with Gasteiger partial charge in [0.05, 0.1) is 11.8 Å². The van der Waals surface area contributed by atoms with Crippen LogP contribution in [-0.2, 0) is 9.53 Å². The lowest BCUT2D eigenvalue weighted by atomic mass is 10.0. The van der Waals surface area contributed by atoms with Crippen molar-refractivity contribution in [1.82, 2.24) is 9.88 Å². The number of aromatic nitrogens is 1. The first-order chi connectivity index (χ1) is 13.1. The highest BCUT2D eigenvalue weighted by Crippen LogP contribution is 2.29. The van der Waals surface area contributed by atoms with Crippen molar-refractivity contribution in [2.24, 2.45) is 0 Å². The molecule has 7 heteroatoms. The van der Waals surface area contributed by atoms with Crippen LogP contribution in [0.2, 0.25) is 5.02 Å². The Morgan fingerprint density at radius 1 is 1.21 bits per heavy atom. The van der Waals surface area contributed by atoms with E-state index >= 15 is 0 Å². The lowest BCUT2D eigenvalue weighted by Crippen LogP contribution is -2.38. The Balaban J connectivity index is 0.00000280. The average Bonchev–Trinajstić information content (AvgIpc) is 2.68. The predicted octanol–water partition coefficient (Wildman–Crippen LogP) is 4.59. The monoisotopic (exact) mass is 424 g/mol. The van der Waals surface area contributed by atoms with Crippen LogP contribution in [0.3, 0.4) is 0 Å². The number of carbonyl (C=O) groups is 1. The number of carboxylic acid groups (broad SMARTS) is 1. The molecule has 1 atom stereocenters. The van der Waals surface area contributed by atoms with Crippen LogP contribution in [0.15, 0.2) is 48.7 Å². The molecule has 1 N–H and O–H groups in total. The molecule has 3 rings (SSSR count). The molecule has 1 aliphatic heterocycles. The van der Waals surface area contributed by atoms with Crippen LogP contribution in [0.25, 0.3) is 0 Å². The van der Waals surface area contributed by atoms with Gasteiger partial charge in [0.25, 0.3) is 0 Å². The standard InChI is InChI=1S/C21H25ClN2O3.ClH/c22-17-8-6-16(7-9-17)21(19-4-1-2-12-23-19)27-18-10-14-24(15-11-18)13-3-5-20(25)26;/h1-2,4,6-9,12,18,21H,3,5,10-11,13-15H2,(H,25,26);1H/t21-;/m0./s1. The fourth-order valence-corrected chi connectivity index (χ4v) is 3.53. The molecule has 1 fully saturated rings. The Hall–Kier alpha value is -1.66. The molecule has 0 aliphatic carbocycles. The molecule has 28 heavy (non-hydrogen) atoms. The van der Waals surface area contributed by atoms with Crippen molar-refractivity contribution in [2.45, 2.75) is 37.9 Å². The van der Waals surface area contributed by atoms with E-state index in [-0.39, 0.29) is 31.0 Å². The SMILES string of the molecule is Cl.O=C(O)CCCN1CCC(O[C@@H](c2ccc(Cl)cc2)c2ccccn2)CC1. The van der Waals surface area contributed by atoms with Crippen LogP contribution in [0, 0.1) is 0 Å². The first-order valence-electron chi connectivity index (χ1n) is 9.38. The van der Waals surface area contributed by atoms with E-state index in [4.69, 9.17) is 21.4 Å². The molecule has 0 amide bonds. The summed E-state index contributed by atoms with van der Waals surface area (Å²) in [6.07, 6.45) is 4.52. The summed E-state index contributed by atoms with van der Waals surface area (Å²) in [5.74, 6) is -0.727. The van der Waals surface area contributed by atoms with E-state index in [1.807, 2.05) is 42.5 Å². The van der Waals surface area contributed by atoms with E-state index in [2.05, 4.69) is 9.88 Å². The zero-order valence-electron chi connectivity index (χ0n) is 15.7. The van der Waals surface area contributed by atoms with E-state index in [9.17, 15) is 4.79 Å². The summed E-state index contributed by atoms with van der Waals surface area (Å²) in [4.78, 5) is 17.5. The topological polar surface area (TPSA) is 62.7 Å². The van der Waals surface area contributed by atoms with Gasteiger partial charge >= 0.3 is 5.97 Å². The number of benzene rings is 1. The van der Waals surface area contributed by atoms with Crippen LogP contribution in [-0.4, -0.2) is 46.7 Å². The van der Waals surface area contributed by atoms with Crippen molar-refractivity contribution < 1.29 is 14.6 Å². The van der Waals surface area contributed by atoms with Gasteiger partial charge in [-0.2, -0.15) is 0 Å². The van der Waals surface area contributed by atoms with Crippen molar-refractivity contribution in [3.63, 3.8) is 0 Å². The number of hydrogen-bond donors (Lipinski definition) is 1. The van der Waals surface area contributed by atoms with Crippen molar-refractivity contribution in [3.8, 4) is 0 Å². The van der Waals surface area contributed by atoms with Gasteiger partial charge in [0, 0.05) is 30.7 Å². The van der Waals surface area contributed by atoms with Gasteiger partial charge in [0.1, 0.15) is 6.10 Å². The second-order valence-corrected chi connectivity index (χ2v) is 7.30. The van der Waals surface area contributed by atoms with Crippen LogP contribution in [0.4, 0.5) is 0 Å². The van der Waals surface area contributed by atoms with Gasteiger partial charge in [-0.3, -0.25) is 9.78 Å². The second kappa shape index (κ2) is 11.4. The van der Waals surface area contributed by atoms with Crippen LogP contribution >= 0.6 is 24.0 Å². The fraction of sp³-hybridized carbons (Fsp3) is 0.429. The maximum Gasteiger partial charge on any atom is 0.303 e. The van der Waals surface area contributed by atoms with Gasteiger partial charge in [-0.1, -0.05) is 29.8 Å². The number of ether oxygens (including phenoxy) is 1. The Morgan fingerprint density at radius 2 is 1.93 bits per heavy atom. The van der Waals surface area contributed by atoms with Gasteiger partial charge < -0.3 is 14.7 Å². The highest BCUT2D eigenvalue weighted by atomic mass is 35.5.